The molecular weight excluding hydrogens is 280 g/mol. The van der Waals surface area contributed by atoms with Crippen molar-refractivity contribution in [3.05, 3.63) is 0 Å². The van der Waals surface area contributed by atoms with E-state index in [-0.39, 0.29) is 0 Å². The van der Waals surface area contributed by atoms with Gasteiger partial charge in [-0.1, -0.05) is 44.7 Å². The maximum absolute atomic E-state index is 3.82. The van der Waals surface area contributed by atoms with E-state index in [0.29, 0.717) is 0 Å². The van der Waals surface area contributed by atoms with Crippen LogP contribution in [0.5, 0.6) is 0 Å². The first-order valence-electron chi connectivity index (χ1n) is 5.09. The van der Waals surface area contributed by atoms with Crippen LogP contribution in [-0.4, -0.2) is 9.65 Å². The summed E-state index contributed by atoms with van der Waals surface area (Å²) in [5.41, 5.74) is 0. The molecule has 0 spiro atoms. The van der Waals surface area contributed by atoms with Crippen molar-refractivity contribution < 1.29 is 0 Å². The van der Waals surface area contributed by atoms with Gasteiger partial charge in [0.25, 0.3) is 0 Å². The van der Waals surface area contributed by atoms with Gasteiger partial charge in [-0.3, -0.25) is 0 Å². The summed E-state index contributed by atoms with van der Waals surface area (Å²) in [6.07, 6.45) is 5.94. The van der Waals surface area contributed by atoms with E-state index < -0.39 is 0 Å². The van der Waals surface area contributed by atoms with Crippen molar-refractivity contribution in [1.29, 1.82) is 0 Å². The number of hydrogen-bond acceptors (Lipinski definition) is 0. The van der Waals surface area contributed by atoms with Crippen molar-refractivity contribution in [3.63, 3.8) is 0 Å². The Morgan fingerprint density at radius 3 is 1.58 bits per heavy atom. The Hall–Kier alpha value is 0.960. The molecule has 0 bridgehead atoms. The molecule has 0 saturated heterocycles. The molecule has 3 saturated carbocycles. The third kappa shape index (κ3) is 1.06. The predicted molar refractivity (Wildman–Crippen MR) is 57.9 cm³/mol. The summed E-state index contributed by atoms with van der Waals surface area (Å²) in [6, 6.07) is 0. The molecule has 3 aliphatic rings. The lowest BCUT2D eigenvalue weighted by Crippen LogP contribution is -1.94. The molecule has 6 atom stereocenters. The second-order valence-corrected chi connectivity index (χ2v) is 6.77. The molecule has 0 N–H and O–H groups in total. The van der Waals surface area contributed by atoms with Crippen LogP contribution in [0.2, 0.25) is 0 Å². The van der Waals surface area contributed by atoms with Gasteiger partial charge in [-0.15, -0.1) is 0 Å². The summed E-state index contributed by atoms with van der Waals surface area (Å²) in [5.74, 6) is 4.17. The molecule has 68 valence electrons. The molecular formula is C10H14Br2. The van der Waals surface area contributed by atoms with Gasteiger partial charge in [0.05, 0.1) is 0 Å². The Bertz CT molecular complexity index is 182. The minimum Gasteiger partial charge on any atom is -0.0884 e. The molecule has 3 fully saturated rings. The van der Waals surface area contributed by atoms with Crippen LogP contribution in [0.3, 0.4) is 0 Å². The second-order valence-electron chi connectivity index (χ2n) is 4.66. The number of rotatable bonds is 0. The van der Waals surface area contributed by atoms with Gasteiger partial charge in [0.2, 0.25) is 0 Å². The molecule has 0 radical (unpaired) electrons. The van der Waals surface area contributed by atoms with Gasteiger partial charge in [0.1, 0.15) is 0 Å². The predicted octanol–water partition coefficient (Wildman–Crippen LogP) is 3.58. The van der Waals surface area contributed by atoms with Crippen molar-refractivity contribution in [3.8, 4) is 0 Å². The number of fused-ring (bicyclic) bond motifs is 3. The fourth-order valence-electron chi connectivity index (χ4n) is 3.17. The van der Waals surface area contributed by atoms with Crippen LogP contribution in [0.1, 0.15) is 25.7 Å². The lowest BCUT2D eigenvalue weighted by atomic mass is 10.0. The molecule has 3 rings (SSSR count). The van der Waals surface area contributed by atoms with E-state index in [2.05, 4.69) is 31.9 Å². The van der Waals surface area contributed by atoms with E-state index in [4.69, 9.17) is 0 Å². The van der Waals surface area contributed by atoms with Crippen LogP contribution >= 0.6 is 31.9 Å². The number of hydrogen-bond donors (Lipinski definition) is 0. The SMILES string of the molecule is Br[C@H]1[C@H]2CCCC[C@@H]3[C@H](Br)[C@@H]3[C@@H]12. The minimum atomic E-state index is 0.880. The van der Waals surface area contributed by atoms with E-state index in [9.17, 15) is 0 Å². The molecule has 3 aliphatic carbocycles. The van der Waals surface area contributed by atoms with Crippen molar-refractivity contribution in [2.24, 2.45) is 23.7 Å². The van der Waals surface area contributed by atoms with Gasteiger partial charge in [-0.05, 0) is 36.5 Å². The third-order valence-electron chi connectivity index (χ3n) is 4.03. The highest BCUT2D eigenvalue weighted by atomic mass is 79.9. The van der Waals surface area contributed by atoms with Crippen LogP contribution in [0, 0.1) is 23.7 Å². The van der Waals surface area contributed by atoms with Crippen LogP contribution in [0.25, 0.3) is 0 Å². The molecule has 0 aromatic heterocycles. The second kappa shape index (κ2) is 2.73. The molecule has 0 aromatic rings. The lowest BCUT2D eigenvalue weighted by Gasteiger charge is -2.04. The molecule has 0 aromatic carbocycles. The Kier molecular flexibility index (Phi) is 1.88. The zero-order valence-corrected chi connectivity index (χ0v) is 10.2. The summed E-state index contributed by atoms with van der Waals surface area (Å²) in [7, 11) is 0. The normalized spacial score (nSPS) is 62.5. The maximum atomic E-state index is 3.82. The molecule has 12 heavy (non-hydrogen) atoms. The number of alkyl halides is 2. The highest BCUT2D eigenvalue weighted by molar-refractivity contribution is 9.10. The van der Waals surface area contributed by atoms with E-state index in [1.54, 1.807) is 0 Å². The standard InChI is InChI=1S/C10H14Br2/c11-9-5-3-1-2-4-6-8(7(5)9)10(6)12/h5-10H,1-4H2/t5-,6-,7-,8-,9-,10-/m0/s1. The van der Waals surface area contributed by atoms with E-state index in [1.165, 1.54) is 25.7 Å². The largest absolute Gasteiger partial charge is 0.0884 e. The zero-order chi connectivity index (χ0) is 8.29. The van der Waals surface area contributed by atoms with Gasteiger partial charge < -0.3 is 0 Å². The van der Waals surface area contributed by atoms with Crippen LogP contribution < -0.4 is 0 Å². The van der Waals surface area contributed by atoms with Crippen molar-refractivity contribution in [2.75, 3.05) is 0 Å². The molecule has 0 unspecified atom stereocenters. The summed E-state index contributed by atoms with van der Waals surface area (Å²) < 4.78 is 0. The fourth-order valence-corrected chi connectivity index (χ4v) is 5.54. The van der Waals surface area contributed by atoms with Crippen molar-refractivity contribution >= 4 is 31.9 Å². The maximum Gasteiger partial charge on any atom is 0.0211 e. The molecule has 0 amide bonds. The van der Waals surface area contributed by atoms with Crippen molar-refractivity contribution in [2.45, 2.75) is 35.3 Å². The van der Waals surface area contributed by atoms with Gasteiger partial charge in [-0.25, -0.2) is 0 Å². The average Bonchev–Trinajstić information content (AvgIpc) is 2.77. The molecule has 2 heteroatoms. The Morgan fingerprint density at radius 1 is 0.750 bits per heavy atom. The van der Waals surface area contributed by atoms with Crippen LogP contribution in [-0.2, 0) is 0 Å². The smallest absolute Gasteiger partial charge is 0.0211 e. The monoisotopic (exact) mass is 292 g/mol. The van der Waals surface area contributed by atoms with Crippen LogP contribution in [0.15, 0.2) is 0 Å². The van der Waals surface area contributed by atoms with E-state index >= 15 is 0 Å². The number of halogens is 2. The first-order valence-corrected chi connectivity index (χ1v) is 6.92. The first-order chi connectivity index (χ1) is 5.80. The van der Waals surface area contributed by atoms with Gasteiger partial charge >= 0.3 is 0 Å². The summed E-state index contributed by atoms with van der Waals surface area (Å²) in [4.78, 5) is 1.76. The van der Waals surface area contributed by atoms with Gasteiger partial charge in [-0.2, -0.15) is 0 Å². The third-order valence-corrected chi connectivity index (χ3v) is 6.61. The fraction of sp³-hybridized carbons (Fsp3) is 1.00. The molecule has 0 aliphatic heterocycles. The Morgan fingerprint density at radius 2 is 1.17 bits per heavy atom. The van der Waals surface area contributed by atoms with E-state index in [0.717, 1.165) is 33.3 Å². The van der Waals surface area contributed by atoms with E-state index in [1.807, 2.05) is 0 Å². The highest BCUT2D eigenvalue weighted by Crippen LogP contribution is 2.66. The van der Waals surface area contributed by atoms with Gasteiger partial charge in [0.15, 0.2) is 0 Å². The highest BCUT2D eigenvalue weighted by Gasteiger charge is 2.64. The summed E-state index contributed by atoms with van der Waals surface area (Å²) in [6.45, 7) is 0. The molecule has 0 heterocycles. The molecule has 0 nitrogen and oxygen atoms in total. The summed E-state index contributed by atoms with van der Waals surface area (Å²) >= 11 is 7.64. The Labute approximate surface area is 90.7 Å². The zero-order valence-electron chi connectivity index (χ0n) is 7.05. The first kappa shape index (κ1) is 8.28. The quantitative estimate of drug-likeness (QED) is 0.599. The average molecular weight is 294 g/mol. The van der Waals surface area contributed by atoms with Crippen molar-refractivity contribution in [1.82, 2.24) is 0 Å². The minimum absolute atomic E-state index is 0.880. The lowest BCUT2D eigenvalue weighted by molar-refractivity contribution is 0.467. The Balaban J connectivity index is 1.76. The topological polar surface area (TPSA) is 0 Å². The summed E-state index contributed by atoms with van der Waals surface area (Å²) in [5, 5.41) is 0. The van der Waals surface area contributed by atoms with Crippen LogP contribution in [0.4, 0.5) is 0 Å². The van der Waals surface area contributed by atoms with Gasteiger partial charge in [0, 0.05) is 9.65 Å².